The predicted molar refractivity (Wildman–Crippen MR) is 202 cm³/mol. The van der Waals surface area contributed by atoms with Gasteiger partial charge in [0.1, 0.15) is 17.5 Å². The second-order valence-corrected chi connectivity index (χ2v) is 12.6. The van der Waals surface area contributed by atoms with E-state index in [0.29, 0.717) is 34.4 Å². The molecule has 0 heterocycles. The second-order valence-electron chi connectivity index (χ2n) is 12.6. The summed E-state index contributed by atoms with van der Waals surface area (Å²) in [6.45, 7) is 1.69. The van der Waals surface area contributed by atoms with Crippen LogP contribution in [0.1, 0.15) is 50.1 Å². The van der Waals surface area contributed by atoms with Crippen molar-refractivity contribution < 1.29 is 39.5 Å². The number of hydrogen-bond donors (Lipinski definition) is 0. The van der Waals surface area contributed by atoms with E-state index in [4.69, 9.17) is 0 Å². The van der Waals surface area contributed by atoms with Crippen LogP contribution in [0.5, 0.6) is 0 Å². The maximum absolute atomic E-state index is 14.1. The zero-order chi connectivity index (χ0) is 39.3. The number of hydrogen-bond acceptors (Lipinski definition) is 1. The molecule has 0 aliphatic heterocycles. The summed E-state index contributed by atoms with van der Waals surface area (Å²) < 4.78 is 120. The minimum absolute atomic E-state index is 0.260. The number of anilines is 3. The number of alkyl halides is 6. The third kappa shape index (κ3) is 9.64. The minimum atomic E-state index is -4.79. The van der Waals surface area contributed by atoms with E-state index in [1.165, 1.54) is 30.4 Å². The average molecular weight is 756 g/mol. The molecule has 0 fully saturated rings. The van der Waals surface area contributed by atoms with Gasteiger partial charge in [0.15, 0.2) is 0 Å². The van der Waals surface area contributed by atoms with Crippen molar-refractivity contribution in [2.24, 2.45) is 0 Å². The third-order valence-electron chi connectivity index (χ3n) is 8.65. The van der Waals surface area contributed by atoms with E-state index >= 15 is 0 Å². The second kappa shape index (κ2) is 16.0. The molecule has 0 spiro atoms. The van der Waals surface area contributed by atoms with Crippen LogP contribution < -0.4 is 4.90 Å². The van der Waals surface area contributed by atoms with Crippen molar-refractivity contribution >= 4 is 53.5 Å². The van der Waals surface area contributed by atoms with Gasteiger partial charge in [-0.25, -0.2) is 13.2 Å². The molecule has 6 rings (SSSR count). The molecule has 0 radical (unpaired) electrons. The number of nitrogens with zero attached hydrogens (tertiary/aromatic N) is 1. The van der Waals surface area contributed by atoms with Gasteiger partial charge in [0.2, 0.25) is 0 Å². The Labute approximate surface area is 311 Å². The van der Waals surface area contributed by atoms with E-state index in [1.807, 2.05) is 71.6 Å². The summed E-state index contributed by atoms with van der Waals surface area (Å²) in [6, 6.07) is 32.7. The molecule has 0 aliphatic rings. The molecule has 0 atom stereocenters. The van der Waals surface area contributed by atoms with Crippen LogP contribution in [-0.2, 0) is 12.4 Å². The molecular formula is C45H30F9N. The standard InChI is InChI=1S/C45H30F9N/c1-29-2-3-33(26-41(29)46)7-4-30-10-18-36(19-11-30)55(37-20-12-31(13-21-37)5-8-34-16-24-39(42(47)27-34)44(49,50)51)38-22-14-32(15-23-38)6-9-35-17-25-40(43(48)28-35)45(52,53)54/h2-28H,1H3/b7-4+,8-5+,9-6+. The van der Waals surface area contributed by atoms with E-state index in [2.05, 4.69) is 0 Å². The van der Waals surface area contributed by atoms with Crippen molar-refractivity contribution in [2.45, 2.75) is 19.3 Å². The quantitative estimate of drug-likeness (QED) is 0.105. The fraction of sp³-hybridized carbons (Fsp3) is 0.0667. The summed E-state index contributed by atoms with van der Waals surface area (Å²) in [5, 5.41) is 0. The predicted octanol–water partition coefficient (Wildman–Crippen LogP) is 14.4. The number of halogens is 9. The van der Waals surface area contributed by atoms with E-state index in [1.54, 1.807) is 49.4 Å². The largest absolute Gasteiger partial charge is 0.419 e. The van der Waals surface area contributed by atoms with Gasteiger partial charge in [-0.05, 0) is 113 Å². The monoisotopic (exact) mass is 755 g/mol. The first-order valence-corrected chi connectivity index (χ1v) is 16.8. The molecule has 0 amide bonds. The highest BCUT2D eigenvalue weighted by molar-refractivity contribution is 5.80. The Kier molecular flexibility index (Phi) is 11.2. The third-order valence-corrected chi connectivity index (χ3v) is 8.65. The van der Waals surface area contributed by atoms with Crippen LogP contribution in [0.4, 0.5) is 56.6 Å². The van der Waals surface area contributed by atoms with Crippen LogP contribution >= 0.6 is 0 Å². The van der Waals surface area contributed by atoms with Gasteiger partial charge in [-0.3, -0.25) is 0 Å². The molecule has 0 saturated carbocycles. The first kappa shape index (κ1) is 38.4. The van der Waals surface area contributed by atoms with E-state index in [-0.39, 0.29) is 16.9 Å². The molecule has 0 unspecified atom stereocenters. The lowest BCUT2D eigenvalue weighted by molar-refractivity contribution is -0.140. The summed E-state index contributed by atoms with van der Waals surface area (Å²) in [5.74, 6) is -3.01. The lowest BCUT2D eigenvalue weighted by Gasteiger charge is -2.26. The summed E-state index contributed by atoms with van der Waals surface area (Å²) in [5.41, 5.74) is 3.68. The van der Waals surface area contributed by atoms with Crippen molar-refractivity contribution in [1.29, 1.82) is 0 Å². The highest BCUT2D eigenvalue weighted by Gasteiger charge is 2.34. The fourth-order valence-corrected chi connectivity index (χ4v) is 5.67. The SMILES string of the molecule is Cc1ccc(/C=C/c2ccc(N(c3ccc(/C=C/c4ccc(C(F)(F)F)c(F)c4)cc3)c3ccc(/C=C/c4ccc(C(F)(F)F)c(F)c4)cc3)cc2)cc1F. The molecule has 10 heteroatoms. The van der Waals surface area contributed by atoms with E-state index in [0.717, 1.165) is 34.8 Å². The van der Waals surface area contributed by atoms with Gasteiger partial charge in [0, 0.05) is 17.1 Å². The normalized spacial score (nSPS) is 12.3. The Morgan fingerprint density at radius 1 is 0.364 bits per heavy atom. The zero-order valence-electron chi connectivity index (χ0n) is 28.9. The molecule has 278 valence electrons. The van der Waals surface area contributed by atoms with Gasteiger partial charge in [-0.1, -0.05) is 97.1 Å². The molecule has 6 aromatic rings. The van der Waals surface area contributed by atoms with Gasteiger partial charge in [-0.2, -0.15) is 26.3 Å². The van der Waals surface area contributed by atoms with Crippen LogP contribution in [0.2, 0.25) is 0 Å². The van der Waals surface area contributed by atoms with Crippen molar-refractivity contribution in [3.05, 3.63) is 195 Å². The molecule has 55 heavy (non-hydrogen) atoms. The van der Waals surface area contributed by atoms with E-state index < -0.39 is 35.1 Å². The first-order chi connectivity index (χ1) is 26.1. The lowest BCUT2D eigenvalue weighted by Crippen LogP contribution is -2.09. The molecule has 1 nitrogen and oxygen atoms in total. The number of benzene rings is 6. The Morgan fingerprint density at radius 3 is 0.927 bits per heavy atom. The van der Waals surface area contributed by atoms with Gasteiger partial charge >= 0.3 is 12.4 Å². The Balaban J connectivity index is 1.27. The van der Waals surface area contributed by atoms with Crippen LogP contribution in [0.25, 0.3) is 36.5 Å². The number of aryl methyl sites for hydroxylation is 1. The lowest BCUT2D eigenvalue weighted by atomic mass is 10.1. The van der Waals surface area contributed by atoms with Gasteiger partial charge < -0.3 is 4.90 Å². The minimum Gasteiger partial charge on any atom is -0.311 e. The van der Waals surface area contributed by atoms with Crippen molar-refractivity contribution in [2.75, 3.05) is 4.90 Å². The fourth-order valence-electron chi connectivity index (χ4n) is 5.67. The molecule has 0 aliphatic carbocycles. The summed E-state index contributed by atoms with van der Waals surface area (Å²) in [7, 11) is 0. The Hall–Kier alpha value is -6.29. The maximum atomic E-state index is 14.1. The molecule has 0 N–H and O–H groups in total. The van der Waals surface area contributed by atoms with Gasteiger partial charge in [-0.15, -0.1) is 0 Å². The number of rotatable bonds is 9. The highest BCUT2D eigenvalue weighted by atomic mass is 19.4. The molecule has 0 aromatic heterocycles. The smallest absolute Gasteiger partial charge is 0.311 e. The van der Waals surface area contributed by atoms with Crippen LogP contribution in [0.15, 0.2) is 127 Å². The average Bonchev–Trinajstić information content (AvgIpc) is 3.14. The Morgan fingerprint density at radius 2 is 0.636 bits per heavy atom. The van der Waals surface area contributed by atoms with Crippen LogP contribution in [0, 0.1) is 24.4 Å². The summed E-state index contributed by atoms with van der Waals surface area (Å²) in [6.07, 6.45) is 0.428. The molecular weight excluding hydrogens is 725 g/mol. The first-order valence-electron chi connectivity index (χ1n) is 16.8. The zero-order valence-corrected chi connectivity index (χ0v) is 28.9. The van der Waals surface area contributed by atoms with Gasteiger partial charge in [0.25, 0.3) is 0 Å². The maximum Gasteiger partial charge on any atom is 0.419 e. The van der Waals surface area contributed by atoms with Crippen molar-refractivity contribution in [1.82, 2.24) is 0 Å². The summed E-state index contributed by atoms with van der Waals surface area (Å²) in [4.78, 5) is 1.97. The van der Waals surface area contributed by atoms with E-state index in [9.17, 15) is 39.5 Å². The van der Waals surface area contributed by atoms with Crippen LogP contribution in [0.3, 0.4) is 0 Å². The highest BCUT2D eigenvalue weighted by Crippen LogP contribution is 2.36. The van der Waals surface area contributed by atoms with Crippen molar-refractivity contribution in [3.8, 4) is 0 Å². The topological polar surface area (TPSA) is 3.24 Å². The van der Waals surface area contributed by atoms with Crippen LogP contribution in [-0.4, -0.2) is 0 Å². The Bertz CT molecular complexity index is 2250. The van der Waals surface area contributed by atoms with Gasteiger partial charge in [0.05, 0.1) is 11.1 Å². The molecule has 0 bridgehead atoms. The summed E-state index contributed by atoms with van der Waals surface area (Å²) >= 11 is 0. The molecule has 0 saturated heterocycles. The molecule has 6 aromatic carbocycles. The van der Waals surface area contributed by atoms with Crippen molar-refractivity contribution in [3.63, 3.8) is 0 Å².